The molecule has 0 aromatic carbocycles. The van der Waals surface area contributed by atoms with Crippen LogP contribution in [0.5, 0.6) is 0 Å². The van der Waals surface area contributed by atoms with Crippen LogP contribution in [0.15, 0.2) is 11.3 Å². The summed E-state index contributed by atoms with van der Waals surface area (Å²) in [5.74, 6) is -0.264. The summed E-state index contributed by atoms with van der Waals surface area (Å²) in [7, 11) is 0. The van der Waals surface area contributed by atoms with Gasteiger partial charge in [-0.15, -0.1) is 0 Å². The van der Waals surface area contributed by atoms with Crippen molar-refractivity contribution in [3.8, 4) is 0 Å². The smallest absolute Gasteiger partial charge is 0.170 e. The number of aliphatic hydroxyl groups is 1. The molecule has 0 aliphatic heterocycles. The Kier molecular flexibility index (Phi) is 4.71. The van der Waals surface area contributed by atoms with Gasteiger partial charge in [-0.25, -0.2) is 0 Å². The summed E-state index contributed by atoms with van der Waals surface area (Å²) in [6, 6.07) is 0. The average molecular weight is 224 g/mol. The Labute approximate surface area is 96.5 Å². The molecular formula is C13H20O3. The van der Waals surface area contributed by atoms with Gasteiger partial charge in [0.15, 0.2) is 11.6 Å². The molecule has 0 spiro atoms. The zero-order valence-electron chi connectivity index (χ0n) is 10.1. The van der Waals surface area contributed by atoms with Gasteiger partial charge in [-0.3, -0.25) is 9.59 Å². The van der Waals surface area contributed by atoms with Gasteiger partial charge in [-0.05, 0) is 19.3 Å². The third-order valence-corrected chi connectivity index (χ3v) is 3.09. The standard InChI is InChI=1S/C13H20O3/c1-3-4-5-6-10-7-11(15)13(9(2)14)12(16)8-10/h10,15H,3-8H2,1-2H3/t10-/m1/s1. The van der Waals surface area contributed by atoms with Gasteiger partial charge in [0.25, 0.3) is 0 Å². The fraction of sp³-hybridized carbons (Fsp3) is 0.692. The molecule has 1 aliphatic rings. The van der Waals surface area contributed by atoms with E-state index in [-0.39, 0.29) is 28.8 Å². The van der Waals surface area contributed by atoms with Gasteiger partial charge in [0.1, 0.15) is 5.76 Å². The molecule has 0 saturated carbocycles. The first-order valence-corrected chi connectivity index (χ1v) is 6.02. The molecule has 0 heterocycles. The van der Waals surface area contributed by atoms with E-state index in [9.17, 15) is 14.7 Å². The van der Waals surface area contributed by atoms with E-state index in [1.165, 1.54) is 6.92 Å². The van der Waals surface area contributed by atoms with Crippen molar-refractivity contribution in [3.05, 3.63) is 11.3 Å². The number of allylic oxidation sites excluding steroid dienone is 2. The average Bonchev–Trinajstić information content (AvgIpc) is 2.16. The van der Waals surface area contributed by atoms with Crippen LogP contribution in [0.1, 0.15) is 52.4 Å². The van der Waals surface area contributed by atoms with Crippen LogP contribution in [0.2, 0.25) is 0 Å². The Morgan fingerprint density at radius 2 is 2.06 bits per heavy atom. The Bertz CT molecular complexity index is 315. The van der Waals surface area contributed by atoms with Crippen molar-refractivity contribution in [1.82, 2.24) is 0 Å². The number of rotatable bonds is 5. The maximum Gasteiger partial charge on any atom is 0.170 e. The predicted molar refractivity (Wildman–Crippen MR) is 62.2 cm³/mol. The molecule has 0 aromatic rings. The third-order valence-electron chi connectivity index (χ3n) is 3.09. The number of aliphatic hydroxyl groups excluding tert-OH is 1. The highest BCUT2D eigenvalue weighted by molar-refractivity contribution is 6.20. The zero-order valence-corrected chi connectivity index (χ0v) is 10.1. The number of ketones is 2. The SMILES string of the molecule is CCCCC[C@H]1CC(=O)C(C(C)=O)=C(O)C1. The van der Waals surface area contributed by atoms with Gasteiger partial charge in [0, 0.05) is 12.8 Å². The number of Topliss-reactive ketones (excluding diaryl/α,β-unsaturated/α-hetero) is 2. The summed E-state index contributed by atoms with van der Waals surface area (Å²) in [4.78, 5) is 22.8. The molecule has 0 radical (unpaired) electrons. The van der Waals surface area contributed by atoms with Gasteiger partial charge in [-0.2, -0.15) is 0 Å². The normalized spacial score (nSPS) is 21.4. The molecule has 1 atom stereocenters. The van der Waals surface area contributed by atoms with Gasteiger partial charge in [0.2, 0.25) is 0 Å². The van der Waals surface area contributed by atoms with Crippen LogP contribution < -0.4 is 0 Å². The van der Waals surface area contributed by atoms with Crippen molar-refractivity contribution in [1.29, 1.82) is 0 Å². The first kappa shape index (κ1) is 12.9. The molecular weight excluding hydrogens is 204 g/mol. The highest BCUT2D eigenvalue weighted by Crippen LogP contribution is 2.29. The summed E-state index contributed by atoms with van der Waals surface area (Å²) >= 11 is 0. The van der Waals surface area contributed by atoms with Crippen molar-refractivity contribution in [2.75, 3.05) is 0 Å². The lowest BCUT2D eigenvalue weighted by atomic mass is 9.83. The number of unbranched alkanes of at least 4 members (excludes halogenated alkanes) is 2. The fourth-order valence-corrected chi connectivity index (χ4v) is 2.26. The molecule has 3 nitrogen and oxygen atoms in total. The molecule has 0 saturated heterocycles. The van der Waals surface area contributed by atoms with E-state index in [2.05, 4.69) is 6.92 Å². The Hall–Kier alpha value is -1.12. The topological polar surface area (TPSA) is 54.4 Å². The molecule has 3 heteroatoms. The van der Waals surface area contributed by atoms with E-state index in [0.29, 0.717) is 12.8 Å². The van der Waals surface area contributed by atoms with Crippen LogP contribution in [0.4, 0.5) is 0 Å². The van der Waals surface area contributed by atoms with Crippen molar-refractivity contribution < 1.29 is 14.7 Å². The number of carbonyl (C=O) groups excluding carboxylic acids is 2. The van der Waals surface area contributed by atoms with E-state index in [1.54, 1.807) is 0 Å². The Morgan fingerprint density at radius 1 is 1.38 bits per heavy atom. The first-order chi connectivity index (χ1) is 7.56. The lowest BCUT2D eigenvalue weighted by molar-refractivity contribution is -0.122. The summed E-state index contributed by atoms with van der Waals surface area (Å²) < 4.78 is 0. The van der Waals surface area contributed by atoms with Crippen LogP contribution in [0.25, 0.3) is 0 Å². The minimum Gasteiger partial charge on any atom is -0.511 e. The number of hydrogen-bond acceptors (Lipinski definition) is 3. The van der Waals surface area contributed by atoms with Crippen LogP contribution in [0.3, 0.4) is 0 Å². The molecule has 16 heavy (non-hydrogen) atoms. The Morgan fingerprint density at radius 3 is 2.56 bits per heavy atom. The molecule has 0 bridgehead atoms. The first-order valence-electron chi connectivity index (χ1n) is 6.02. The van der Waals surface area contributed by atoms with Crippen LogP contribution in [-0.2, 0) is 9.59 Å². The maximum atomic E-state index is 11.7. The molecule has 0 amide bonds. The second kappa shape index (κ2) is 5.83. The summed E-state index contributed by atoms with van der Waals surface area (Å²) in [6.07, 6.45) is 5.29. The van der Waals surface area contributed by atoms with Gasteiger partial charge in [0.05, 0.1) is 5.57 Å². The van der Waals surface area contributed by atoms with E-state index in [4.69, 9.17) is 0 Å². The largest absolute Gasteiger partial charge is 0.511 e. The van der Waals surface area contributed by atoms with Crippen molar-refractivity contribution in [3.63, 3.8) is 0 Å². The van der Waals surface area contributed by atoms with E-state index >= 15 is 0 Å². The van der Waals surface area contributed by atoms with Gasteiger partial charge in [-0.1, -0.05) is 26.2 Å². The van der Waals surface area contributed by atoms with Crippen molar-refractivity contribution >= 4 is 11.6 Å². The molecule has 1 rings (SSSR count). The summed E-state index contributed by atoms with van der Waals surface area (Å²) in [6.45, 7) is 3.47. The second-order valence-corrected chi connectivity index (χ2v) is 4.57. The van der Waals surface area contributed by atoms with Crippen molar-refractivity contribution in [2.45, 2.75) is 52.4 Å². The maximum absolute atomic E-state index is 11.7. The Balaban J connectivity index is 2.60. The quantitative estimate of drug-likeness (QED) is 0.577. The van der Waals surface area contributed by atoms with E-state index < -0.39 is 0 Å². The molecule has 0 aromatic heterocycles. The summed E-state index contributed by atoms with van der Waals surface area (Å²) in [5, 5.41) is 9.67. The van der Waals surface area contributed by atoms with Crippen LogP contribution >= 0.6 is 0 Å². The summed E-state index contributed by atoms with van der Waals surface area (Å²) in [5.41, 5.74) is 0.0340. The highest BCUT2D eigenvalue weighted by atomic mass is 16.3. The molecule has 0 fully saturated rings. The van der Waals surface area contributed by atoms with Crippen molar-refractivity contribution in [2.24, 2.45) is 5.92 Å². The molecule has 1 N–H and O–H groups in total. The van der Waals surface area contributed by atoms with E-state index in [0.717, 1.165) is 25.7 Å². The van der Waals surface area contributed by atoms with Gasteiger partial charge >= 0.3 is 0 Å². The predicted octanol–water partition coefficient (Wildman–Crippen LogP) is 2.95. The fourth-order valence-electron chi connectivity index (χ4n) is 2.26. The van der Waals surface area contributed by atoms with Gasteiger partial charge < -0.3 is 5.11 Å². The molecule has 90 valence electrons. The van der Waals surface area contributed by atoms with Crippen LogP contribution in [-0.4, -0.2) is 16.7 Å². The minimum atomic E-state index is -0.311. The molecule has 1 aliphatic carbocycles. The lowest BCUT2D eigenvalue weighted by Crippen LogP contribution is -2.23. The lowest BCUT2D eigenvalue weighted by Gasteiger charge is -2.22. The monoisotopic (exact) mass is 224 g/mol. The second-order valence-electron chi connectivity index (χ2n) is 4.57. The number of carbonyl (C=O) groups is 2. The number of hydrogen-bond donors (Lipinski definition) is 1. The zero-order chi connectivity index (χ0) is 12.1. The van der Waals surface area contributed by atoms with E-state index in [1.807, 2.05) is 0 Å². The highest BCUT2D eigenvalue weighted by Gasteiger charge is 2.29. The third kappa shape index (κ3) is 3.19. The van der Waals surface area contributed by atoms with Crippen LogP contribution in [0, 0.1) is 5.92 Å². The molecule has 0 unspecified atom stereocenters. The minimum absolute atomic E-state index is 0.00486.